The van der Waals surface area contributed by atoms with E-state index in [-0.39, 0.29) is 6.29 Å². The van der Waals surface area contributed by atoms with Gasteiger partial charge in [0, 0.05) is 6.61 Å². The summed E-state index contributed by atoms with van der Waals surface area (Å²) in [5.74, 6) is 0. The molecule has 1 fully saturated rings. The van der Waals surface area contributed by atoms with Gasteiger partial charge in [0.2, 0.25) is 0 Å². The summed E-state index contributed by atoms with van der Waals surface area (Å²) in [6, 6.07) is 0. The molecule has 0 saturated carbocycles. The van der Waals surface area contributed by atoms with Crippen molar-refractivity contribution in [2.24, 2.45) is 5.73 Å². The Hall–Kier alpha value is -0.120. The molecule has 1 rings (SSSR count). The van der Waals surface area contributed by atoms with Gasteiger partial charge in [-0.2, -0.15) is 0 Å². The first kappa shape index (κ1) is 13.9. The van der Waals surface area contributed by atoms with Crippen molar-refractivity contribution in [2.45, 2.75) is 70.7 Å². The Morgan fingerprint density at radius 1 is 1.31 bits per heavy atom. The number of hydrogen-bond donors (Lipinski definition) is 1. The van der Waals surface area contributed by atoms with Crippen molar-refractivity contribution in [3.05, 3.63) is 0 Å². The van der Waals surface area contributed by atoms with E-state index < -0.39 is 0 Å². The predicted octanol–water partition coefficient (Wildman–Crippen LogP) is 2.83. The van der Waals surface area contributed by atoms with Crippen LogP contribution in [0.2, 0.25) is 0 Å². The van der Waals surface area contributed by atoms with Gasteiger partial charge in [0.15, 0.2) is 6.29 Å². The zero-order valence-electron chi connectivity index (χ0n) is 10.6. The van der Waals surface area contributed by atoms with Crippen molar-refractivity contribution < 1.29 is 9.47 Å². The minimum absolute atomic E-state index is 0.0342. The molecule has 0 amide bonds. The van der Waals surface area contributed by atoms with E-state index >= 15 is 0 Å². The van der Waals surface area contributed by atoms with Crippen molar-refractivity contribution in [1.29, 1.82) is 0 Å². The maximum absolute atomic E-state index is 5.98. The smallest absolute Gasteiger partial charge is 0.157 e. The second-order valence-electron chi connectivity index (χ2n) is 4.63. The molecule has 0 bridgehead atoms. The molecule has 16 heavy (non-hydrogen) atoms. The van der Waals surface area contributed by atoms with E-state index in [9.17, 15) is 0 Å². The van der Waals surface area contributed by atoms with Gasteiger partial charge in [-0.25, -0.2) is 0 Å². The van der Waals surface area contributed by atoms with Crippen molar-refractivity contribution in [3.63, 3.8) is 0 Å². The third-order valence-electron chi connectivity index (χ3n) is 3.10. The number of nitrogens with two attached hydrogens (primary N) is 1. The summed E-state index contributed by atoms with van der Waals surface area (Å²) in [7, 11) is 0. The molecule has 3 nitrogen and oxygen atoms in total. The fraction of sp³-hybridized carbons (Fsp3) is 1.00. The van der Waals surface area contributed by atoms with E-state index in [1.807, 2.05) is 0 Å². The first-order chi connectivity index (χ1) is 7.86. The summed E-state index contributed by atoms with van der Waals surface area (Å²) in [5, 5.41) is 0. The Labute approximate surface area is 99.7 Å². The van der Waals surface area contributed by atoms with Gasteiger partial charge in [-0.05, 0) is 38.6 Å². The third kappa shape index (κ3) is 5.83. The van der Waals surface area contributed by atoms with Crippen molar-refractivity contribution in [3.8, 4) is 0 Å². The van der Waals surface area contributed by atoms with Crippen LogP contribution in [-0.4, -0.2) is 25.5 Å². The van der Waals surface area contributed by atoms with Crippen LogP contribution in [0.5, 0.6) is 0 Å². The van der Waals surface area contributed by atoms with Crippen LogP contribution in [0.3, 0.4) is 0 Å². The molecule has 2 atom stereocenters. The lowest BCUT2D eigenvalue weighted by atomic mass is 10.1. The largest absolute Gasteiger partial charge is 0.353 e. The maximum atomic E-state index is 5.98. The topological polar surface area (TPSA) is 44.5 Å². The maximum Gasteiger partial charge on any atom is 0.157 e. The van der Waals surface area contributed by atoms with Crippen LogP contribution in [0.25, 0.3) is 0 Å². The Bertz CT molecular complexity index is 158. The standard InChI is InChI=1S/C13H27NO2/c1-2-3-4-7-12(9-10-14)16-13-8-5-6-11-15-13/h12-13H,2-11,14H2,1H3/t12-,13?/m0/s1. The van der Waals surface area contributed by atoms with Crippen LogP contribution in [0.4, 0.5) is 0 Å². The minimum Gasteiger partial charge on any atom is -0.353 e. The molecule has 0 aliphatic carbocycles. The highest BCUT2D eigenvalue weighted by Gasteiger charge is 2.18. The molecule has 1 aliphatic rings. The lowest BCUT2D eigenvalue weighted by Crippen LogP contribution is -2.29. The predicted molar refractivity (Wildman–Crippen MR) is 66.3 cm³/mol. The molecule has 1 saturated heterocycles. The molecular weight excluding hydrogens is 202 g/mol. The molecule has 1 unspecified atom stereocenters. The first-order valence-electron chi connectivity index (χ1n) is 6.84. The number of rotatable bonds is 8. The lowest BCUT2D eigenvalue weighted by Gasteiger charge is -2.27. The molecule has 1 aliphatic heterocycles. The Balaban J connectivity index is 2.19. The first-order valence-corrected chi connectivity index (χ1v) is 6.84. The fourth-order valence-corrected chi connectivity index (χ4v) is 2.12. The molecular formula is C13H27NO2. The molecule has 3 heteroatoms. The van der Waals surface area contributed by atoms with Gasteiger partial charge in [0.1, 0.15) is 0 Å². The second-order valence-corrected chi connectivity index (χ2v) is 4.63. The van der Waals surface area contributed by atoms with Gasteiger partial charge in [0.25, 0.3) is 0 Å². The van der Waals surface area contributed by atoms with Gasteiger partial charge in [0.05, 0.1) is 6.10 Å². The average molecular weight is 229 g/mol. The van der Waals surface area contributed by atoms with E-state index in [1.165, 1.54) is 32.1 Å². The number of hydrogen-bond acceptors (Lipinski definition) is 3. The highest BCUT2D eigenvalue weighted by molar-refractivity contribution is 4.63. The van der Waals surface area contributed by atoms with Crippen LogP contribution in [0, 0.1) is 0 Å². The molecule has 2 N–H and O–H groups in total. The zero-order chi connectivity index (χ0) is 11.6. The van der Waals surface area contributed by atoms with Crippen molar-refractivity contribution in [1.82, 2.24) is 0 Å². The van der Waals surface area contributed by atoms with Gasteiger partial charge in [-0.3, -0.25) is 0 Å². The van der Waals surface area contributed by atoms with E-state index in [4.69, 9.17) is 15.2 Å². The molecule has 1 heterocycles. The monoisotopic (exact) mass is 229 g/mol. The highest BCUT2D eigenvalue weighted by atomic mass is 16.7. The summed E-state index contributed by atoms with van der Waals surface area (Å²) < 4.78 is 11.6. The quantitative estimate of drug-likeness (QED) is 0.651. The van der Waals surface area contributed by atoms with Crippen LogP contribution in [-0.2, 0) is 9.47 Å². The molecule has 0 spiro atoms. The van der Waals surface area contributed by atoms with E-state index in [2.05, 4.69) is 6.92 Å². The van der Waals surface area contributed by atoms with Crippen molar-refractivity contribution in [2.75, 3.05) is 13.2 Å². The summed E-state index contributed by atoms with van der Waals surface area (Å²) in [5.41, 5.74) is 5.62. The van der Waals surface area contributed by atoms with Gasteiger partial charge >= 0.3 is 0 Å². The van der Waals surface area contributed by atoms with Crippen molar-refractivity contribution >= 4 is 0 Å². The van der Waals surface area contributed by atoms with Crippen LogP contribution >= 0.6 is 0 Å². The molecule has 0 aromatic rings. The summed E-state index contributed by atoms with van der Waals surface area (Å²) in [4.78, 5) is 0. The normalized spacial score (nSPS) is 23.2. The highest BCUT2D eigenvalue weighted by Crippen LogP contribution is 2.19. The summed E-state index contributed by atoms with van der Waals surface area (Å²) >= 11 is 0. The van der Waals surface area contributed by atoms with E-state index in [0.717, 1.165) is 25.9 Å². The molecule has 0 aromatic carbocycles. The number of ether oxygens (including phenoxy) is 2. The van der Waals surface area contributed by atoms with Gasteiger partial charge in [-0.1, -0.05) is 26.2 Å². The Kier molecular flexibility index (Phi) is 7.81. The van der Waals surface area contributed by atoms with E-state index in [0.29, 0.717) is 12.6 Å². The van der Waals surface area contributed by atoms with Gasteiger partial charge < -0.3 is 15.2 Å². The average Bonchev–Trinajstić information content (AvgIpc) is 2.31. The number of unbranched alkanes of at least 4 members (excludes halogenated alkanes) is 2. The summed E-state index contributed by atoms with van der Waals surface area (Å²) in [6.07, 6.45) is 9.68. The molecule has 96 valence electrons. The Morgan fingerprint density at radius 2 is 2.19 bits per heavy atom. The second kappa shape index (κ2) is 8.97. The lowest BCUT2D eigenvalue weighted by molar-refractivity contribution is -0.190. The Morgan fingerprint density at radius 3 is 2.81 bits per heavy atom. The van der Waals surface area contributed by atoms with Gasteiger partial charge in [-0.15, -0.1) is 0 Å². The molecule has 0 aromatic heterocycles. The van der Waals surface area contributed by atoms with E-state index in [1.54, 1.807) is 0 Å². The summed E-state index contributed by atoms with van der Waals surface area (Å²) in [6.45, 7) is 3.79. The third-order valence-corrected chi connectivity index (χ3v) is 3.10. The van der Waals surface area contributed by atoms with Crippen LogP contribution in [0.1, 0.15) is 58.3 Å². The molecule has 0 radical (unpaired) electrons. The fourth-order valence-electron chi connectivity index (χ4n) is 2.12. The van der Waals surface area contributed by atoms with Crippen LogP contribution < -0.4 is 5.73 Å². The minimum atomic E-state index is 0.0342. The zero-order valence-corrected chi connectivity index (χ0v) is 10.6. The van der Waals surface area contributed by atoms with Crippen LogP contribution in [0.15, 0.2) is 0 Å². The SMILES string of the molecule is CCCCC[C@@H](CCN)OC1CCCCO1.